The van der Waals surface area contributed by atoms with E-state index < -0.39 is 0 Å². The summed E-state index contributed by atoms with van der Waals surface area (Å²) in [6.07, 6.45) is 3.92. The molecule has 0 aliphatic rings. The Balaban J connectivity index is 5.40. The molecule has 0 radical (unpaired) electrons. The van der Waals surface area contributed by atoms with Gasteiger partial charge in [-0.3, -0.25) is 0 Å². The Bertz CT molecular complexity index is 175. The van der Waals surface area contributed by atoms with Crippen LogP contribution in [-0.4, -0.2) is 6.71 Å². The SMILES string of the molecule is CCC(C)(C)[BH-](C(C)(C)CC)C(C)(C)CC. The largest absolute Gasteiger partial charge is 0.162 e. The van der Waals surface area contributed by atoms with E-state index in [1.807, 2.05) is 0 Å². The van der Waals surface area contributed by atoms with Crippen LogP contribution in [-0.2, 0) is 0 Å². The predicted molar refractivity (Wildman–Crippen MR) is 80.1 cm³/mol. The van der Waals surface area contributed by atoms with Crippen LogP contribution < -0.4 is 0 Å². The van der Waals surface area contributed by atoms with Gasteiger partial charge in [0.05, 0.1) is 0 Å². The van der Waals surface area contributed by atoms with Crippen molar-refractivity contribution in [1.29, 1.82) is 0 Å². The van der Waals surface area contributed by atoms with Gasteiger partial charge in [-0.2, -0.15) is 15.9 Å². The number of rotatable bonds is 6. The van der Waals surface area contributed by atoms with Crippen LogP contribution in [0.4, 0.5) is 0 Å². The fraction of sp³-hybridized carbons (Fsp3) is 1.00. The van der Waals surface area contributed by atoms with E-state index in [1.165, 1.54) is 19.3 Å². The summed E-state index contributed by atoms with van der Waals surface area (Å²) in [7, 11) is 0. The highest BCUT2D eigenvalue weighted by Crippen LogP contribution is 2.57. The van der Waals surface area contributed by atoms with E-state index in [-0.39, 0.29) is 6.71 Å². The first-order chi connectivity index (χ1) is 7.05. The topological polar surface area (TPSA) is 0 Å². The fourth-order valence-corrected chi connectivity index (χ4v) is 4.64. The second-order valence-corrected chi connectivity index (χ2v) is 8.08. The smallest absolute Gasteiger partial charge is 0.000913 e. The van der Waals surface area contributed by atoms with Crippen molar-refractivity contribution in [1.82, 2.24) is 0 Å². The van der Waals surface area contributed by atoms with Crippen molar-refractivity contribution in [3.8, 4) is 0 Å². The average molecular weight is 225 g/mol. The Kier molecular flexibility index (Phi) is 5.17. The van der Waals surface area contributed by atoms with Crippen molar-refractivity contribution in [2.75, 3.05) is 0 Å². The van der Waals surface area contributed by atoms with Gasteiger partial charge in [-0.15, -0.1) is 0 Å². The van der Waals surface area contributed by atoms with E-state index in [2.05, 4.69) is 62.3 Å². The van der Waals surface area contributed by atoms with Gasteiger partial charge in [0.2, 0.25) is 0 Å². The maximum absolute atomic E-state index is 2.49. The van der Waals surface area contributed by atoms with E-state index >= 15 is 0 Å². The van der Waals surface area contributed by atoms with E-state index in [1.54, 1.807) is 0 Å². The van der Waals surface area contributed by atoms with Crippen molar-refractivity contribution in [2.24, 2.45) is 0 Å². The third kappa shape index (κ3) is 3.28. The van der Waals surface area contributed by atoms with E-state index in [4.69, 9.17) is 0 Å². The molecule has 0 N–H and O–H groups in total. The molecule has 0 unspecified atom stereocenters. The van der Waals surface area contributed by atoms with Gasteiger partial charge < -0.3 is 0 Å². The highest BCUT2D eigenvalue weighted by Gasteiger charge is 2.40. The lowest BCUT2D eigenvalue weighted by molar-refractivity contribution is 0.482. The van der Waals surface area contributed by atoms with E-state index in [0.29, 0.717) is 15.9 Å². The zero-order chi connectivity index (χ0) is 13.2. The lowest BCUT2D eigenvalue weighted by Crippen LogP contribution is -2.45. The summed E-state index contributed by atoms with van der Waals surface area (Å²) in [5, 5.41) is 1.54. The standard InChI is InChI=1S/C15H34B/c1-10-13(4,5)16(14(6,7)11-2)15(8,9)12-3/h16H,10-12H2,1-9H3/q-1. The summed E-state index contributed by atoms with van der Waals surface area (Å²) >= 11 is 0. The minimum atomic E-state index is -0.208. The molecule has 16 heavy (non-hydrogen) atoms. The van der Waals surface area contributed by atoms with Crippen molar-refractivity contribution >= 4 is 6.71 Å². The fourth-order valence-electron chi connectivity index (χ4n) is 4.64. The van der Waals surface area contributed by atoms with Crippen LogP contribution in [0.2, 0.25) is 15.9 Å². The van der Waals surface area contributed by atoms with Crippen LogP contribution in [0.25, 0.3) is 0 Å². The minimum Gasteiger partial charge on any atom is -0.162 e. The minimum absolute atomic E-state index is 0.208. The molecule has 0 saturated carbocycles. The van der Waals surface area contributed by atoms with Gasteiger partial charge in [0.25, 0.3) is 0 Å². The Morgan fingerprint density at radius 3 is 0.875 bits per heavy atom. The van der Waals surface area contributed by atoms with Gasteiger partial charge in [0.1, 0.15) is 0 Å². The quantitative estimate of drug-likeness (QED) is 0.502. The van der Waals surface area contributed by atoms with E-state index in [0.717, 1.165) is 0 Å². The summed E-state index contributed by atoms with van der Waals surface area (Å²) < 4.78 is 0. The molecule has 0 aromatic rings. The molecule has 0 aliphatic carbocycles. The van der Waals surface area contributed by atoms with Crippen LogP contribution in [0.15, 0.2) is 0 Å². The van der Waals surface area contributed by atoms with Crippen molar-refractivity contribution in [3.63, 3.8) is 0 Å². The molecule has 0 rings (SSSR count). The Morgan fingerprint density at radius 2 is 0.750 bits per heavy atom. The molecule has 0 saturated heterocycles. The van der Waals surface area contributed by atoms with Crippen LogP contribution in [0.1, 0.15) is 81.6 Å². The highest BCUT2D eigenvalue weighted by molar-refractivity contribution is 6.68. The average Bonchev–Trinajstić information content (AvgIpc) is 2.16. The number of hydrogen-bond donors (Lipinski definition) is 0. The monoisotopic (exact) mass is 225 g/mol. The third-order valence-electron chi connectivity index (χ3n) is 5.74. The molecule has 98 valence electrons. The predicted octanol–water partition coefficient (Wildman–Crippen LogP) is 5.78. The van der Waals surface area contributed by atoms with Crippen LogP contribution >= 0.6 is 0 Å². The Hall–Kier alpha value is 0.0649. The first kappa shape index (κ1) is 16.1. The first-order valence-electron chi connectivity index (χ1n) is 7.24. The van der Waals surface area contributed by atoms with Gasteiger partial charge in [0, 0.05) is 6.71 Å². The molecular formula is C15H34B-. The summed E-state index contributed by atoms with van der Waals surface area (Å²) in [5.41, 5.74) is 0. The van der Waals surface area contributed by atoms with Crippen molar-refractivity contribution in [3.05, 3.63) is 0 Å². The number of hydrogen-bond acceptors (Lipinski definition) is 0. The summed E-state index contributed by atoms with van der Waals surface area (Å²) in [6, 6.07) is 0. The Morgan fingerprint density at radius 1 is 0.562 bits per heavy atom. The third-order valence-corrected chi connectivity index (χ3v) is 5.74. The maximum atomic E-state index is 2.49. The summed E-state index contributed by atoms with van der Waals surface area (Å²) in [6.45, 7) is 21.8. The molecule has 0 aromatic carbocycles. The first-order valence-corrected chi connectivity index (χ1v) is 7.24. The van der Waals surface area contributed by atoms with Crippen molar-refractivity contribution < 1.29 is 0 Å². The Labute approximate surface area is 105 Å². The maximum Gasteiger partial charge on any atom is 0.000913 e. The molecule has 1 heteroatoms. The zero-order valence-corrected chi connectivity index (χ0v) is 13.3. The van der Waals surface area contributed by atoms with Gasteiger partial charge in [-0.1, -0.05) is 81.6 Å². The molecule has 0 amide bonds. The molecule has 0 nitrogen and oxygen atoms in total. The molecule has 0 spiro atoms. The van der Waals surface area contributed by atoms with Gasteiger partial charge in [-0.25, -0.2) is 0 Å². The lowest BCUT2D eigenvalue weighted by atomic mass is 9.14. The highest BCUT2D eigenvalue weighted by atomic mass is 14.3. The molecular weight excluding hydrogens is 191 g/mol. The van der Waals surface area contributed by atoms with Gasteiger partial charge in [-0.05, 0) is 0 Å². The normalized spacial score (nSPS) is 14.6. The van der Waals surface area contributed by atoms with Gasteiger partial charge >= 0.3 is 0 Å². The molecule has 0 atom stereocenters. The second-order valence-electron chi connectivity index (χ2n) is 8.08. The van der Waals surface area contributed by atoms with Crippen LogP contribution in [0, 0.1) is 0 Å². The molecule has 0 fully saturated rings. The molecule has 0 bridgehead atoms. The summed E-state index contributed by atoms with van der Waals surface area (Å²) in [5.74, 6) is 0. The summed E-state index contributed by atoms with van der Waals surface area (Å²) in [4.78, 5) is 0. The van der Waals surface area contributed by atoms with Gasteiger partial charge in [0.15, 0.2) is 0 Å². The molecule has 0 aromatic heterocycles. The van der Waals surface area contributed by atoms with Crippen molar-refractivity contribution in [2.45, 2.75) is 97.5 Å². The van der Waals surface area contributed by atoms with E-state index in [9.17, 15) is 0 Å². The van der Waals surface area contributed by atoms with Crippen LogP contribution in [0.5, 0.6) is 0 Å². The second kappa shape index (κ2) is 5.15. The zero-order valence-electron chi connectivity index (χ0n) is 13.3. The molecule has 0 heterocycles. The van der Waals surface area contributed by atoms with Crippen LogP contribution in [0.3, 0.4) is 0 Å². The lowest BCUT2D eigenvalue weighted by Gasteiger charge is -2.59. The molecule has 0 aliphatic heterocycles.